The monoisotopic (exact) mass is 389 g/mol. The summed E-state index contributed by atoms with van der Waals surface area (Å²) in [5.74, 6) is 0.750. The van der Waals surface area contributed by atoms with Gasteiger partial charge >= 0.3 is 0 Å². The van der Waals surface area contributed by atoms with Crippen molar-refractivity contribution in [3.8, 4) is 5.75 Å². The number of aromatic nitrogens is 2. The first kappa shape index (κ1) is 18.1. The highest BCUT2D eigenvalue weighted by atomic mass is 32.1. The number of rotatable bonds is 6. The highest BCUT2D eigenvalue weighted by Gasteiger charge is 2.21. The van der Waals surface area contributed by atoms with Crippen molar-refractivity contribution in [3.05, 3.63) is 84.2 Å². The van der Waals surface area contributed by atoms with Crippen molar-refractivity contribution >= 4 is 32.6 Å². The smallest absolute Gasteiger partial charge is 0.233 e. The second kappa shape index (κ2) is 8.19. The molecule has 0 N–H and O–H groups in total. The lowest BCUT2D eigenvalue weighted by Crippen LogP contribution is -2.31. The zero-order chi connectivity index (χ0) is 19.3. The van der Waals surface area contributed by atoms with Gasteiger partial charge in [0.25, 0.3) is 0 Å². The molecule has 2 aromatic heterocycles. The molecule has 5 nitrogen and oxygen atoms in total. The number of carbonyl (C=O) groups is 1. The molecule has 0 bridgehead atoms. The number of carbonyl (C=O) groups excluding carboxylic acids is 1. The van der Waals surface area contributed by atoms with Gasteiger partial charge in [-0.15, -0.1) is 0 Å². The van der Waals surface area contributed by atoms with E-state index in [0.717, 1.165) is 27.1 Å². The van der Waals surface area contributed by atoms with Gasteiger partial charge in [-0.05, 0) is 29.3 Å². The van der Waals surface area contributed by atoms with Crippen LogP contribution in [-0.4, -0.2) is 23.0 Å². The van der Waals surface area contributed by atoms with Crippen molar-refractivity contribution < 1.29 is 9.53 Å². The van der Waals surface area contributed by atoms with Gasteiger partial charge in [-0.3, -0.25) is 14.7 Å². The van der Waals surface area contributed by atoms with Crippen LogP contribution in [0.3, 0.4) is 0 Å². The van der Waals surface area contributed by atoms with E-state index in [1.165, 1.54) is 11.3 Å². The van der Waals surface area contributed by atoms with Gasteiger partial charge in [0.15, 0.2) is 5.13 Å². The molecule has 4 aromatic rings. The lowest BCUT2D eigenvalue weighted by molar-refractivity contribution is -0.118. The van der Waals surface area contributed by atoms with Crippen molar-refractivity contribution in [2.45, 2.75) is 13.0 Å². The van der Waals surface area contributed by atoms with E-state index in [1.54, 1.807) is 24.4 Å². The highest BCUT2D eigenvalue weighted by molar-refractivity contribution is 7.22. The molecule has 4 rings (SSSR count). The molecule has 0 unspecified atom stereocenters. The molecule has 0 radical (unpaired) electrons. The molecule has 0 aliphatic carbocycles. The van der Waals surface area contributed by atoms with Gasteiger partial charge in [0.05, 0.1) is 30.3 Å². The fourth-order valence-electron chi connectivity index (χ4n) is 2.94. The van der Waals surface area contributed by atoms with E-state index >= 15 is 0 Å². The number of benzene rings is 2. The number of pyridine rings is 1. The first-order chi connectivity index (χ1) is 13.7. The van der Waals surface area contributed by atoms with Crippen LogP contribution in [0.15, 0.2) is 73.1 Å². The van der Waals surface area contributed by atoms with Gasteiger partial charge in [0, 0.05) is 18.5 Å². The summed E-state index contributed by atoms with van der Waals surface area (Å²) >= 11 is 1.50. The molecule has 2 aromatic carbocycles. The number of hydrogen-bond acceptors (Lipinski definition) is 5. The van der Waals surface area contributed by atoms with Crippen molar-refractivity contribution in [2.75, 3.05) is 12.0 Å². The maximum Gasteiger partial charge on any atom is 0.233 e. The fourth-order valence-corrected chi connectivity index (χ4v) is 3.90. The van der Waals surface area contributed by atoms with Gasteiger partial charge in [-0.1, -0.05) is 47.7 Å². The Hall–Kier alpha value is -3.25. The Morgan fingerprint density at radius 2 is 1.89 bits per heavy atom. The summed E-state index contributed by atoms with van der Waals surface area (Å²) < 4.78 is 6.30. The minimum atomic E-state index is 0.000995. The van der Waals surface area contributed by atoms with Crippen LogP contribution in [0.2, 0.25) is 0 Å². The van der Waals surface area contributed by atoms with E-state index in [9.17, 15) is 4.79 Å². The summed E-state index contributed by atoms with van der Waals surface area (Å²) in [5, 5.41) is 0.674. The number of fused-ring (bicyclic) bond motifs is 1. The molecule has 0 fully saturated rings. The quantitative estimate of drug-likeness (QED) is 0.488. The lowest BCUT2D eigenvalue weighted by Gasteiger charge is -2.20. The van der Waals surface area contributed by atoms with Crippen molar-refractivity contribution in [2.24, 2.45) is 0 Å². The average Bonchev–Trinajstić information content (AvgIpc) is 3.16. The molecule has 0 saturated heterocycles. The third-order valence-electron chi connectivity index (χ3n) is 4.38. The summed E-state index contributed by atoms with van der Waals surface area (Å²) in [7, 11) is 1.63. The Labute approximate surface area is 167 Å². The molecule has 0 spiro atoms. The van der Waals surface area contributed by atoms with Gasteiger partial charge in [0.2, 0.25) is 5.91 Å². The van der Waals surface area contributed by atoms with E-state index in [4.69, 9.17) is 9.72 Å². The minimum absolute atomic E-state index is 0.000995. The molecule has 2 heterocycles. The molecular formula is C22H19N3O2S. The van der Waals surface area contributed by atoms with Crippen LogP contribution in [0.25, 0.3) is 10.2 Å². The number of ether oxygens (including phenoxy) is 1. The first-order valence-electron chi connectivity index (χ1n) is 8.91. The standard InChI is InChI=1S/C22H19N3O2S/c1-27-18-9-10-20-19(13-18)24-22(28-20)25(15-17-8-5-11-23-14-17)21(26)12-16-6-3-2-4-7-16/h2-11,13-14H,12,15H2,1H3. The van der Waals surface area contributed by atoms with Crippen LogP contribution >= 0.6 is 11.3 Å². The predicted molar refractivity (Wildman–Crippen MR) is 112 cm³/mol. The SMILES string of the molecule is COc1ccc2sc(N(Cc3cccnc3)C(=O)Cc3ccccc3)nc2c1. The van der Waals surface area contributed by atoms with Crippen LogP contribution < -0.4 is 9.64 Å². The van der Waals surface area contributed by atoms with Crippen LogP contribution in [-0.2, 0) is 17.8 Å². The number of amides is 1. The Kier molecular flexibility index (Phi) is 5.30. The van der Waals surface area contributed by atoms with E-state index in [0.29, 0.717) is 18.1 Å². The summed E-state index contributed by atoms with van der Waals surface area (Å²) in [6.07, 6.45) is 3.82. The van der Waals surface area contributed by atoms with E-state index in [-0.39, 0.29) is 5.91 Å². The molecule has 1 amide bonds. The number of methoxy groups -OCH3 is 1. The third-order valence-corrected chi connectivity index (χ3v) is 5.44. The van der Waals surface area contributed by atoms with Gasteiger partial charge < -0.3 is 4.74 Å². The molecule has 0 aliphatic heterocycles. The molecule has 6 heteroatoms. The number of anilines is 1. The second-order valence-corrected chi connectivity index (χ2v) is 7.34. The Morgan fingerprint density at radius 1 is 1.07 bits per heavy atom. The van der Waals surface area contributed by atoms with Crippen molar-refractivity contribution in [3.63, 3.8) is 0 Å². The first-order valence-corrected chi connectivity index (χ1v) is 9.72. The van der Waals surface area contributed by atoms with Gasteiger partial charge in [-0.25, -0.2) is 4.98 Å². The zero-order valence-corrected chi connectivity index (χ0v) is 16.2. The van der Waals surface area contributed by atoms with E-state index in [1.807, 2.05) is 60.7 Å². The Bertz CT molecular complexity index is 1080. The summed E-state index contributed by atoms with van der Waals surface area (Å²) in [4.78, 5) is 23.8. The van der Waals surface area contributed by atoms with Crippen LogP contribution in [0, 0.1) is 0 Å². The second-order valence-electron chi connectivity index (χ2n) is 6.33. The van der Waals surface area contributed by atoms with E-state index in [2.05, 4.69) is 4.98 Å². The normalized spacial score (nSPS) is 10.8. The molecule has 28 heavy (non-hydrogen) atoms. The van der Waals surface area contributed by atoms with Crippen LogP contribution in [0.1, 0.15) is 11.1 Å². The average molecular weight is 389 g/mol. The van der Waals surface area contributed by atoms with Gasteiger partial charge in [-0.2, -0.15) is 0 Å². The Morgan fingerprint density at radius 3 is 2.64 bits per heavy atom. The molecular weight excluding hydrogens is 370 g/mol. The lowest BCUT2D eigenvalue weighted by atomic mass is 10.1. The molecule has 0 atom stereocenters. The number of nitrogens with zero attached hydrogens (tertiary/aromatic N) is 3. The molecule has 140 valence electrons. The van der Waals surface area contributed by atoms with Gasteiger partial charge in [0.1, 0.15) is 5.75 Å². The summed E-state index contributed by atoms with van der Waals surface area (Å²) in [6, 6.07) is 19.4. The van der Waals surface area contributed by atoms with Crippen LogP contribution in [0.5, 0.6) is 5.75 Å². The third kappa shape index (κ3) is 4.02. The zero-order valence-electron chi connectivity index (χ0n) is 15.4. The largest absolute Gasteiger partial charge is 0.497 e. The van der Waals surface area contributed by atoms with E-state index < -0.39 is 0 Å². The highest BCUT2D eigenvalue weighted by Crippen LogP contribution is 2.32. The number of thiazole rings is 1. The van der Waals surface area contributed by atoms with Crippen molar-refractivity contribution in [1.82, 2.24) is 9.97 Å². The minimum Gasteiger partial charge on any atom is -0.497 e. The number of hydrogen-bond donors (Lipinski definition) is 0. The Balaban J connectivity index is 1.68. The fraction of sp³-hybridized carbons (Fsp3) is 0.136. The van der Waals surface area contributed by atoms with Crippen molar-refractivity contribution in [1.29, 1.82) is 0 Å². The molecule has 0 aliphatic rings. The summed E-state index contributed by atoms with van der Waals surface area (Å²) in [5.41, 5.74) is 2.76. The summed E-state index contributed by atoms with van der Waals surface area (Å²) in [6.45, 7) is 0.427. The maximum atomic E-state index is 13.2. The topological polar surface area (TPSA) is 55.3 Å². The predicted octanol–water partition coefficient (Wildman–Crippen LogP) is 4.48. The van der Waals surface area contributed by atoms with Crippen LogP contribution in [0.4, 0.5) is 5.13 Å². The maximum absolute atomic E-state index is 13.2. The molecule has 0 saturated carbocycles.